The Labute approximate surface area is 121 Å². The average Bonchev–Trinajstić information content (AvgIpc) is 2.91. The molecule has 0 aromatic carbocycles. The number of carbonyl (C=O) groups excluding carboxylic acids is 2. The highest BCUT2D eigenvalue weighted by Crippen LogP contribution is 2.21. The Bertz CT molecular complexity index is 759. The summed E-state index contributed by atoms with van der Waals surface area (Å²) in [6, 6.07) is 7.16. The van der Waals surface area contributed by atoms with Gasteiger partial charge in [0.2, 0.25) is 0 Å². The Morgan fingerprint density at radius 3 is 2.62 bits per heavy atom. The van der Waals surface area contributed by atoms with E-state index in [0.29, 0.717) is 0 Å². The molecule has 0 radical (unpaired) electrons. The molecular formula is C15H14N4O2. The van der Waals surface area contributed by atoms with Crippen LogP contribution in [0.1, 0.15) is 17.0 Å². The van der Waals surface area contributed by atoms with Gasteiger partial charge in [-0.05, 0) is 43.7 Å². The molecule has 1 aliphatic rings. The van der Waals surface area contributed by atoms with E-state index in [-0.39, 0.29) is 5.70 Å². The van der Waals surface area contributed by atoms with Crippen molar-refractivity contribution >= 4 is 18.0 Å². The lowest BCUT2D eigenvalue weighted by Crippen LogP contribution is -2.22. The maximum Gasteiger partial charge on any atom is 0.326 e. The largest absolute Gasteiger partial charge is 0.326 e. The number of nitrogens with zero attached hydrogens (tertiary/aromatic N) is 2. The molecule has 3 rings (SSSR count). The van der Waals surface area contributed by atoms with Gasteiger partial charge < -0.3 is 9.88 Å². The molecule has 1 aliphatic heterocycles. The van der Waals surface area contributed by atoms with E-state index in [9.17, 15) is 9.59 Å². The molecule has 1 saturated heterocycles. The Balaban J connectivity index is 2.05. The van der Waals surface area contributed by atoms with Gasteiger partial charge in [-0.1, -0.05) is 6.07 Å². The van der Waals surface area contributed by atoms with E-state index in [0.717, 1.165) is 22.8 Å². The smallest absolute Gasteiger partial charge is 0.303 e. The molecule has 0 atom stereocenters. The Kier molecular flexibility index (Phi) is 3.06. The molecule has 2 N–H and O–H groups in total. The third-order valence-electron chi connectivity index (χ3n) is 3.37. The minimum absolute atomic E-state index is 0.251. The predicted octanol–water partition coefficient (Wildman–Crippen LogP) is 1.67. The minimum atomic E-state index is -0.496. The normalized spacial score (nSPS) is 16.2. The Morgan fingerprint density at radius 1 is 1.19 bits per heavy atom. The summed E-state index contributed by atoms with van der Waals surface area (Å²) >= 11 is 0. The summed E-state index contributed by atoms with van der Waals surface area (Å²) < 4.78 is 2.00. The van der Waals surface area contributed by atoms with Gasteiger partial charge in [-0.25, -0.2) is 9.78 Å². The Morgan fingerprint density at radius 2 is 2.00 bits per heavy atom. The molecular weight excluding hydrogens is 268 g/mol. The number of aromatic nitrogens is 2. The van der Waals surface area contributed by atoms with Crippen LogP contribution in [0.3, 0.4) is 0 Å². The van der Waals surface area contributed by atoms with Crippen LogP contribution in [-0.4, -0.2) is 21.5 Å². The van der Waals surface area contributed by atoms with Crippen molar-refractivity contribution in [2.45, 2.75) is 13.8 Å². The molecule has 6 nitrogen and oxygen atoms in total. The van der Waals surface area contributed by atoms with Crippen LogP contribution in [0.15, 0.2) is 36.2 Å². The fourth-order valence-electron chi connectivity index (χ4n) is 2.41. The van der Waals surface area contributed by atoms with E-state index in [1.165, 1.54) is 0 Å². The van der Waals surface area contributed by atoms with Gasteiger partial charge in [0, 0.05) is 17.6 Å². The number of nitrogens with one attached hydrogen (secondary N) is 2. The van der Waals surface area contributed by atoms with E-state index in [1.807, 2.05) is 42.7 Å². The first-order valence-electron chi connectivity index (χ1n) is 6.50. The second-order valence-electron chi connectivity index (χ2n) is 4.82. The highest BCUT2D eigenvalue weighted by Gasteiger charge is 2.23. The molecule has 0 spiro atoms. The third kappa shape index (κ3) is 2.31. The molecule has 2 aromatic rings. The van der Waals surface area contributed by atoms with Crippen molar-refractivity contribution in [3.05, 3.63) is 53.1 Å². The first kappa shape index (κ1) is 13.1. The molecule has 2 aromatic heterocycles. The van der Waals surface area contributed by atoms with Gasteiger partial charge in [-0.2, -0.15) is 0 Å². The predicted molar refractivity (Wildman–Crippen MR) is 77.7 cm³/mol. The van der Waals surface area contributed by atoms with E-state index >= 15 is 0 Å². The highest BCUT2D eigenvalue weighted by molar-refractivity contribution is 6.14. The summed E-state index contributed by atoms with van der Waals surface area (Å²) in [4.78, 5) is 27.0. The summed E-state index contributed by atoms with van der Waals surface area (Å²) in [7, 11) is 0. The number of hydrogen-bond donors (Lipinski definition) is 2. The van der Waals surface area contributed by atoms with Crippen LogP contribution in [0.4, 0.5) is 4.79 Å². The van der Waals surface area contributed by atoms with Gasteiger partial charge in [0.1, 0.15) is 11.5 Å². The van der Waals surface area contributed by atoms with Gasteiger partial charge in [-0.3, -0.25) is 10.1 Å². The molecule has 6 heteroatoms. The molecule has 0 unspecified atom stereocenters. The van der Waals surface area contributed by atoms with E-state index in [1.54, 1.807) is 12.3 Å². The molecule has 3 heterocycles. The van der Waals surface area contributed by atoms with Gasteiger partial charge in [0.05, 0.1) is 0 Å². The van der Waals surface area contributed by atoms with Crippen molar-refractivity contribution in [2.24, 2.45) is 0 Å². The molecule has 0 saturated carbocycles. The number of imide groups is 1. The fraction of sp³-hybridized carbons (Fsp3) is 0.133. The number of amides is 3. The topological polar surface area (TPSA) is 76.0 Å². The average molecular weight is 282 g/mol. The first-order valence-corrected chi connectivity index (χ1v) is 6.50. The minimum Gasteiger partial charge on any atom is -0.303 e. The zero-order chi connectivity index (χ0) is 15.0. The number of rotatable bonds is 2. The maximum absolute atomic E-state index is 11.6. The van der Waals surface area contributed by atoms with Crippen molar-refractivity contribution in [3.63, 3.8) is 0 Å². The van der Waals surface area contributed by atoms with Crippen LogP contribution in [0.25, 0.3) is 11.9 Å². The zero-order valence-corrected chi connectivity index (χ0v) is 11.7. The zero-order valence-electron chi connectivity index (χ0n) is 11.7. The summed E-state index contributed by atoms with van der Waals surface area (Å²) in [5.41, 5.74) is 3.07. The standard InChI is InChI=1S/C15H14N4O2/c1-9-7-11(8-12-14(20)18-15(21)17-12)10(2)19(9)13-5-3-4-6-16-13/h3-8H,1-2H3,(H2,17,18,20,21)/b12-8+. The van der Waals surface area contributed by atoms with Crippen LogP contribution in [0.2, 0.25) is 0 Å². The molecule has 0 bridgehead atoms. The van der Waals surface area contributed by atoms with Crippen molar-refractivity contribution in [1.29, 1.82) is 0 Å². The lowest BCUT2D eigenvalue weighted by molar-refractivity contribution is -0.115. The van der Waals surface area contributed by atoms with Crippen LogP contribution in [-0.2, 0) is 4.79 Å². The van der Waals surface area contributed by atoms with Crippen molar-refractivity contribution < 1.29 is 9.59 Å². The number of hydrogen-bond acceptors (Lipinski definition) is 3. The van der Waals surface area contributed by atoms with Gasteiger partial charge in [0.15, 0.2) is 0 Å². The molecule has 3 amide bonds. The second-order valence-corrected chi connectivity index (χ2v) is 4.82. The summed E-state index contributed by atoms with van der Waals surface area (Å²) in [6.45, 7) is 3.92. The molecule has 21 heavy (non-hydrogen) atoms. The number of carbonyl (C=O) groups is 2. The highest BCUT2D eigenvalue weighted by atomic mass is 16.2. The lowest BCUT2D eigenvalue weighted by atomic mass is 10.2. The fourth-order valence-corrected chi connectivity index (χ4v) is 2.41. The lowest BCUT2D eigenvalue weighted by Gasteiger charge is -2.07. The van der Waals surface area contributed by atoms with Crippen molar-refractivity contribution in [2.75, 3.05) is 0 Å². The van der Waals surface area contributed by atoms with E-state index in [4.69, 9.17) is 0 Å². The van der Waals surface area contributed by atoms with Crippen LogP contribution in [0.5, 0.6) is 0 Å². The molecule has 106 valence electrons. The van der Waals surface area contributed by atoms with Gasteiger partial charge >= 0.3 is 6.03 Å². The van der Waals surface area contributed by atoms with E-state index in [2.05, 4.69) is 15.6 Å². The molecule has 0 aliphatic carbocycles. The SMILES string of the molecule is Cc1cc(/C=C2/NC(=O)NC2=O)c(C)n1-c1ccccn1. The third-order valence-corrected chi connectivity index (χ3v) is 3.37. The summed E-state index contributed by atoms with van der Waals surface area (Å²) in [5, 5.41) is 4.67. The van der Waals surface area contributed by atoms with Crippen LogP contribution >= 0.6 is 0 Å². The Hall–Kier alpha value is -2.89. The quantitative estimate of drug-likeness (QED) is 0.650. The number of pyridine rings is 1. The van der Waals surface area contributed by atoms with Crippen LogP contribution in [0, 0.1) is 13.8 Å². The molecule has 1 fully saturated rings. The number of urea groups is 1. The first-order chi connectivity index (χ1) is 10.1. The van der Waals surface area contributed by atoms with E-state index < -0.39 is 11.9 Å². The van der Waals surface area contributed by atoms with Crippen molar-refractivity contribution in [1.82, 2.24) is 20.2 Å². The van der Waals surface area contributed by atoms with Crippen molar-refractivity contribution in [3.8, 4) is 5.82 Å². The summed E-state index contributed by atoms with van der Waals surface area (Å²) in [5.74, 6) is 0.402. The van der Waals surface area contributed by atoms with Crippen LogP contribution < -0.4 is 10.6 Å². The maximum atomic E-state index is 11.6. The monoisotopic (exact) mass is 282 g/mol. The number of aryl methyl sites for hydroxylation is 1. The summed E-state index contributed by atoms with van der Waals surface area (Å²) in [6.07, 6.45) is 3.40. The second kappa shape index (κ2) is 4.90. The van der Waals surface area contributed by atoms with Gasteiger partial charge in [-0.15, -0.1) is 0 Å². The van der Waals surface area contributed by atoms with Gasteiger partial charge in [0.25, 0.3) is 5.91 Å².